The number of ketones is 1. The Bertz CT molecular complexity index is 850. The maximum absolute atomic E-state index is 12.8. The van der Waals surface area contributed by atoms with Gasteiger partial charge in [-0.25, -0.2) is 0 Å². The van der Waals surface area contributed by atoms with Gasteiger partial charge in [0.25, 0.3) is 0 Å². The zero-order valence-corrected chi connectivity index (χ0v) is 16.4. The highest BCUT2D eigenvalue weighted by Gasteiger charge is 2.26. The lowest BCUT2D eigenvalue weighted by atomic mass is 10.1. The Kier molecular flexibility index (Phi) is 7.88. The Morgan fingerprint density at radius 3 is 2.14 bits per heavy atom. The molecule has 1 atom stereocenters. The number of hydrogen-bond donors (Lipinski definition) is 3. The first-order valence-electron chi connectivity index (χ1n) is 8.71. The lowest BCUT2D eigenvalue weighted by molar-refractivity contribution is 0.0644. The fourth-order valence-corrected chi connectivity index (χ4v) is 2.63. The summed E-state index contributed by atoms with van der Waals surface area (Å²) in [5.41, 5.74) is 0.884. The van der Waals surface area contributed by atoms with Crippen LogP contribution in [0.2, 0.25) is 0 Å². The highest BCUT2D eigenvalue weighted by molar-refractivity contribution is 6.00. The van der Waals surface area contributed by atoms with E-state index in [1.807, 2.05) is 0 Å². The largest absolute Gasteiger partial charge is 0.504 e. The molecule has 156 valence electrons. The molecule has 0 radical (unpaired) electrons. The Morgan fingerprint density at radius 1 is 1.00 bits per heavy atom. The smallest absolute Gasteiger partial charge is 0.205 e. The molecule has 2 rings (SSSR count). The second-order valence-corrected chi connectivity index (χ2v) is 5.88. The molecule has 0 aliphatic carbocycles. The van der Waals surface area contributed by atoms with Gasteiger partial charge in [0.05, 0.1) is 34.5 Å². The highest BCUT2D eigenvalue weighted by atomic mass is 16.5. The average molecular weight is 404 g/mol. The topological polar surface area (TPSA) is 115 Å². The van der Waals surface area contributed by atoms with E-state index < -0.39 is 18.5 Å². The summed E-state index contributed by atoms with van der Waals surface area (Å²) in [5.74, 6) is 0.226. The maximum Gasteiger partial charge on any atom is 0.205 e. The van der Waals surface area contributed by atoms with Gasteiger partial charge in [0.2, 0.25) is 11.5 Å². The predicted molar refractivity (Wildman–Crippen MR) is 106 cm³/mol. The third kappa shape index (κ3) is 5.18. The summed E-state index contributed by atoms with van der Waals surface area (Å²) in [5, 5.41) is 28.4. The highest BCUT2D eigenvalue weighted by Crippen LogP contribution is 2.40. The van der Waals surface area contributed by atoms with E-state index in [1.165, 1.54) is 39.5 Å². The van der Waals surface area contributed by atoms with Crippen LogP contribution in [-0.2, 0) is 0 Å². The molecule has 0 saturated heterocycles. The van der Waals surface area contributed by atoms with Gasteiger partial charge in [-0.3, -0.25) is 4.79 Å². The Morgan fingerprint density at radius 2 is 1.62 bits per heavy atom. The van der Waals surface area contributed by atoms with Gasteiger partial charge in [-0.2, -0.15) is 0 Å². The molecule has 0 amide bonds. The van der Waals surface area contributed by atoms with Crippen molar-refractivity contribution in [2.45, 2.75) is 6.10 Å². The van der Waals surface area contributed by atoms with E-state index in [2.05, 4.69) is 0 Å². The fraction of sp³-hybridized carbons (Fsp3) is 0.286. The van der Waals surface area contributed by atoms with Crippen LogP contribution in [0, 0.1) is 0 Å². The molecule has 8 heteroatoms. The summed E-state index contributed by atoms with van der Waals surface area (Å²) >= 11 is 0. The number of rotatable bonds is 10. The molecule has 1 unspecified atom stereocenters. The molecule has 2 aromatic rings. The molecule has 0 aromatic heterocycles. The Hall–Kier alpha value is -3.23. The van der Waals surface area contributed by atoms with Crippen molar-refractivity contribution in [1.82, 2.24) is 0 Å². The number of carbonyl (C=O) groups is 1. The molecule has 2 aromatic carbocycles. The monoisotopic (exact) mass is 404 g/mol. The van der Waals surface area contributed by atoms with Crippen LogP contribution in [0.3, 0.4) is 0 Å². The molecular formula is C21H24O8. The molecule has 0 aliphatic rings. The van der Waals surface area contributed by atoms with E-state index >= 15 is 0 Å². The van der Waals surface area contributed by atoms with Crippen molar-refractivity contribution < 1.29 is 39.1 Å². The van der Waals surface area contributed by atoms with Gasteiger partial charge in [0.1, 0.15) is 0 Å². The van der Waals surface area contributed by atoms with Crippen molar-refractivity contribution in [3.8, 4) is 28.7 Å². The van der Waals surface area contributed by atoms with Gasteiger partial charge in [0, 0.05) is 5.56 Å². The van der Waals surface area contributed by atoms with Crippen molar-refractivity contribution in [2.24, 2.45) is 0 Å². The zero-order valence-electron chi connectivity index (χ0n) is 16.4. The number of aliphatic hydroxyl groups is 2. The quantitative estimate of drug-likeness (QED) is 0.516. The summed E-state index contributed by atoms with van der Waals surface area (Å²) in [4.78, 5) is 12.8. The minimum absolute atomic E-state index is 0.111. The second-order valence-electron chi connectivity index (χ2n) is 5.88. The van der Waals surface area contributed by atoms with Gasteiger partial charge in [-0.15, -0.1) is 0 Å². The third-order valence-corrected chi connectivity index (χ3v) is 4.08. The van der Waals surface area contributed by atoms with Gasteiger partial charge >= 0.3 is 0 Å². The van der Waals surface area contributed by atoms with E-state index in [9.17, 15) is 15.0 Å². The predicted octanol–water partition coefficient (Wildman–Crippen LogP) is 2.05. The van der Waals surface area contributed by atoms with E-state index in [0.717, 1.165) is 0 Å². The van der Waals surface area contributed by atoms with Gasteiger partial charge in [-0.05, 0) is 35.9 Å². The van der Waals surface area contributed by atoms with Crippen molar-refractivity contribution in [3.05, 3.63) is 47.5 Å². The number of hydrogen-bond acceptors (Lipinski definition) is 8. The molecule has 0 bridgehead atoms. The first-order chi connectivity index (χ1) is 14.0. The number of carbonyl (C=O) groups excluding carboxylic acids is 1. The van der Waals surface area contributed by atoms with Crippen LogP contribution in [0.15, 0.2) is 36.4 Å². The molecule has 3 N–H and O–H groups in total. The van der Waals surface area contributed by atoms with Crippen molar-refractivity contribution in [1.29, 1.82) is 0 Å². The number of aliphatic hydroxyl groups excluding tert-OH is 2. The number of aromatic hydroxyl groups is 1. The lowest BCUT2D eigenvalue weighted by Gasteiger charge is -2.20. The Labute approximate surface area is 168 Å². The molecule has 8 nitrogen and oxygen atoms in total. The summed E-state index contributed by atoms with van der Waals surface area (Å²) in [6, 6.07) is 7.38. The molecule has 0 fully saturated rings. The van der Waals surface area contributed by atoms with Crippen LogP contribution in [0.1, 0.15) is 15.9 Å². The fourth-order valence-electron chi connectivity index (χ4n) is 2.63. The first kappa shape index (κ1) is 22.1. The molecule has 0 aliphatic heterocycles. The summed E-state index contributed by atoms with van der Waals surface area (Å²) < 4.78 is 21.5. The van der Waals surface area contributed by atoms with E-state index in [-0.39, 0.29) is 40.9 Å². The standard InChI is InChI=1S/C21H24O8/c1-26-16-11-14(6-7-15(16)24)20(25)19(12-23)29-21-17(27-2)9-13(5-4-8-22)10-18(21)28-3/h4-7,9-11,19,22-24H,8,12H2,1-3H3. The average Bonchev–Trinajstić information content (AvgIpc) is 2.75. The van der Waals surface area contributed by atoms with Crippen molar-refractivity contribution in [3.63, 3.8) is 0 Å². The van der Waals surface area contributed by atoms with E-state index in [1.54, 1.807) is 24.3 Å². The minimum Gasteiger partial charge on any atom is -0.504 e. The number of phenolic OH excluding ortho intramolecular Hbond substituents is 1. The summed E-state index contributed by atoms with van der Waals surface area (Å²) in [6.07, 6.45) is 1.98. The second kappa shape index (κ2) is 10.4. The summed E-state index contributed by atoms with van der Waals surface area (Å²) in [7, 11) is 4.23. The first-order valence-corrected chi connectivity index (χ1v) is 8.71. The molecule has 0 heterocycles. The van der Waals surface area contributed by atoms with Crippen LogP contribution in [0.5, 0.6) is 28.7 Å². The number of Topliss-reactive ketones (excluding diaryl/α,β-unsaturated/α-hetero) is 1. The van der Waals surface area contributed by atoms with Crippen LogP contribution < -0.4 is 18.9 Å². The van der Waals surface area contributed by atoms with Crippen LogP contribution >= 0.6 is 0 Å². The third-order valence-electron chi connectivity index (χ3n) is 4.08. The number of methoxy groups -OCH3 is 3. The lowest BCUT2D eigenvalue weighted by Crippen LogP contribution is -2.31. The Balaban J connectivity index is 2.39. The van der Waals surface area contributed by atoms with Crippen LogP contribution in [-0.4, -0.2) is 61.7 Å². The zero-order chi connectivity index (χ0) is 21.4. The van der Waals surface area contributed by atoms with E-state index in [0.29, 0.717) is 5.56 Å². The van der Waals surface area contributed by atoms with Crippen molar-refractivity contribution in [2.75, 3.05) is 34.5 Å². The van der Waals surface area contributed by atoms with E-state index in [4.69, 9.17) is 24.1 Å². The normalized spacial score (nSPS) is 11.9. The van der Waals surface area contributed by atoms with Crippen molar-refractivity contribution >= 4 is 11.9 Å². The summed E-state index contributed by atoms with van der Waals surface area (Å²) in [6.45, 7) is -0.722. The van der Waals surface area contributed by atoms with Gasteiger partial charge < -0.3 is 34.3 Å². The SMILES string of the molecule is COc1cc(C(=O)C(CO)Oc2c(OC)cc(C=CCO)cc2OC)ccc1O. The molecular weight excluding hydrogens is 380 g/mol. The minimum atomic E-state index is -1.24. The van der Waals surface area contributed by atoms with Gasteiger partial charge in [-0.1, -0.05) is 12.2 Å². The molecule has 0 spiro atoms. The van der Waals surface area contributed by atoms with Crippen LogP contribution in [0.4, 0.5) is 0 Å². The number of ether oxygens (including phenoxy) is 4. The van der Waals surface area contributed by atoms with Gasteiger partial charge in [0.15, 0.2) is 29.1 Å². The maximum atomic E-state index is 12.8. The number of phenols is 1. The van der Waals surface area contributed by atoms with Crippen LogP contribution in [0.25, 0.3) is 6.08 Å². The number of benzene rings is 2. The molecule has 0 saturated carbocycles. The molecule has 29 heavy (non-hydrogen) atoms.